The third kappa shape index (κ3) is 4.52. The normalized spacial score (nSPS) is 27.1. The number of benzene rings is 1. The molecule has 2 fully saturated rings. The van der Waals surface area contributed by atoms with Crippen LogP contribution in [0.2, 0.25) is 0 Å². The van der Waals surface area contributed by atoms with Crippen LogP contribution in [-0.2, 0) is 17.8 Å². The first-order chi connectivity index (χ1) is 13.6. The molecule has 0 aromatic heterocycles. The third-order valence-electron chi connectivity index (χ3n) is 6.93. The van der Waals surface area contributed by atoms with Crippen LogP contribution in [0.5, 0.6) is 5.75 Å². The van der Waals surface area contributed by atoms with Crippen LogP contribution in [0.1, 0.15) is 50.7 Å². The van der Waals surface area contributed by atoms with Gasteiger partial charge in [-0.15, -0.1) is 0 Å². The first-order valence-corrected chi connectivity index (χ1v) is 11.1. The Hall–Kier alpha value is -1.59. The van der Waals surface area contributed by atoms with Crippen molar-refractivity contribution in [1.29, 1.82) is 0 Å². The molecule has 2 aliphatic heterocycles. The van der Waals surface area contributed by atoms with E-state index in [9.17, 15) is 4.79 Å². The van der Waals surface area contributed by atoms with Crippen molar-refractivity contribution in [2.75, 3.05) is 32.8 Å². The maximum atomic E-state index is 12.8. The van der Waals surface area contributed by atoms with Crippen molar-refractivity contribution in [2.24, 2.45) is 5.92 Å². The summed E-state index contributed by atoms with van der Waals surface area (Å²) in [4.78, 5) is 17.6. The van der Waals surface area contributed by atoms with Crippen molar-refractivity contribution in [2.45, 2.75) is 64.6 Å². The SMILES string of the molecule is C[C@@H]1CCCC[C@H]1NC(=O)[C@@H](C)N1CCN(Cc2ccc3c(c2)CCO3)CC1. The number of piperazine rings is 1. The van der Waals surface area contributed by atoms with Crippen molar-refractivity contribution in [3.8, 4) is 5.75 Å². The number of hydrogen-bond donors (Lipinski definition) is 1. The number of hydrogen-bond acceptors (Lipinski definition) is 4. The zero-order valence-electron chi connectivity index (χ0n) is 17.5. The van der Waals surface area contributed by atoms with Crippen LogP contribution in [0, 0.1) is 5.92 Å². The monoisotopic (exact) mass is 385 g/mol. The molecule has 4 rings (SSSR count). The van der Waals surface area contributed by atoms with Gasteiger partial charge in [0.1, 0.15) is 5.75 Å². The van der Waals surface area contributed by atoms with Crippen molar-refractivity contribution in [3.05, 3.63) is 29.3 Å². The lowest BCUT2D eigenvalue weighted by Gasteiger charge is -2.38. The number of amides is 1. The maximum Gasteiger partial charge on any atom is 0.237 e. The molecule has 2 heterocycles. The van der Waals surface area contributed by atoms with Gasteiger partial charge in [0.05, 0.1) is 12.6 Å². The maximum absolute atomic E-state index is 12.8. The molecule has 0 unspecified atom stereocenters. The molecule has 1 aliphatic carbocycles. The predicted octanol–water partition coefficient (Wildman–Crippen LogP) is 2.82. The van der Waals surface area contributed by atoms with E-state index in [0.29, 0.717) is 12.0 Å². The molecule has 0 bridgehead atoms. The van der Waals surface area contributed by atoms with Crippen molar-refractivity contribution >= 4 is 5.91 Å². The Morgan fingerprint density at radius 1 is 1.21 bits per heavy atom. The van der Waals surface area contributed by atoms with Crippen molar-refractivity contribution in [3.63, 3.8) is 0 Å². The van der Waals surface area contributed by atoms with E-state index in [1.54, 1.807) is 0 Å². The Morgan fingerprint density at radius 2 is 2.00 bits per heavy atom. The van der Waals surface area contributed by atoms with Gasteiger partial charge in [-0.2, -0.15) is 0 Å². The van der Waals surface area contributed by atoms with Gasteiger partial charge in [-0.3, -0.25) is 14.6 Å². The Balaban J connectivity index is 1.24. The zero-order chi connectivity index (χ0) is 19.5. The number of rotatable bonds is 5. The number of nitrogens with one attached hydrogen (secondary N) is 1. The molecule has 1 saturated heterocycles. The van der Waals surface area contributed by atoms with E-state index in [4.69, 9.17) is 4.74 Å². The molecule has 1 N–H and O–H groups in total. The van der Waals surface area contributed by atoms with Gasteiger partial charge < -0.3 is 10.1 Å². The summed E-state index contributed by atoms with van der Waals surface area (Å²) in [5.74, 6) is 1.88. The smallest absolute Gasteiger partial charge is 0.237 e. The molecule has 0 spiro atoms. The van der Waals surface area contributed by atoms with Crippen molar-refractivity contribution in [1.82, 2.24) is 15.1 Å². The minimum absolute atomic E-state index is 0.0339. The van der Waals surface area contributed by atoms with Gasteiger partial charge in [0.25, 0.3) is 0 Å². The quantitative estimate of drug-likeness (QED) is 0.847. The van der Waals surface area contributed by atoms with Gasteiger partial charge >= 0.3 is 0 Å². The topological polar surface area (TPSA) is 44.8 Å². The largest absolute Gasteiger partial charge is 0.493 e. The summed E-state index contributed by atoms with van der Waals surface area (Å²) in [7, 11) is 0. The van der Waals surface area contributed by atoms with Gasteiger partial charge in [-0.1, -0.05) is 31.9 Å². The van der Waals surface area contributed by atoms with Gasteiger partial charge in [0.15, 0.2) is 0 Å². The number of carbonyl (C=O) groups excluding carboxylic acids is 1. The summed E-state index contributed by atoms with van der Waals surface area (Å²) in [5, 5.41) is 3.33. The van der Waals surface area contributed by atoms with Crippen LogP contribution in [0.15, 0.2) is 18.2 Å². The van der Waals surface area contributed by atoms with E-state index in [0.717, 1.165) is 57.9 Å². The fraction of sp³-hybridized carbons (Fsp3) is 0.696. The molecule has 0 radical (unpaired) electrons. The lowest BCUT2D eigenvalue weighted by atomic mass is 9.86. The van der Waals surface area contributed by atoms with E-state index in [2.05, 4.69) is 47.2 Å². The van der Waals surface area contributed by atoms with Crippen LogP contribution in [-0.4, -0.2) is 60.6 Å². The lowest BCUT2D eigenvalue weighted by molar-refractivity contribution is -0.127. The van der Waals surface area contributed by atoms with E-state index in [-0.39, 0.29) is 11.9 Å². The summed E-state index contributed by atoms with van der Waals surface area (Å²) in [6, 6.07) is 6.95. The summed E-state index contributed by atoms with van der Waals surface area (Å²) in [6.45, 7) is 10.1. The van der Waals surface area contributed by atoms with Crippen LogP contribution in [0.25, 0.3) is 0 Å². The number of nitrogens with zero attached hydrogens (tertiary/aromatic N) is 2. The highest BCUT2D eigenvalue weighted by molar-refractivity contribution is 5.81. The van der Waals surface area contributed by atoms with Crippen LogP contribution in [0.3, 0.4) is 0 Å². The second kappa shape index (κ2) is 8.83. The molecule has 5 nitrogen and oxygen atoms in total. The number of ether oxygens (including phenoxy) is 1. The average molecular weight is 386 g/mol. The molecule has 5 heteroatoms. The number of carbonyl (C=O) groups is 1. The highest BCUT2D eigenvalue weighted by Gasteiger charge is 2.29. The number of fused-ring (bicyclic) bond motifs is 1. The fourth-order valence-corrected chi connectivity index (χ4v) is 4.91. The summed E-state index contributed by atoms with van der Waals surface area (Å²) >= 11 is 0. The van der Waals surface area contributed by atoms with Crippen molar-refractivity contribution < 1.29 is 9.53 Å². The fourth-order valence-electron chi connectivity index (χ4n) is 4.91. The molecule has 3 aliphatic rings. The molecule has 154 valence electrons. The van der Waals surface area contributed by atoms with Crippen LogP contribution >= 0.6 is 0 Å². The Bertz CT molecular complexity index is 684. The Morgan fingerprint density at radius 3 is 2.79 bits per heavy atom. The van der Waals surface area contributed by atoms with E-state index in [1.807, 2.05) is 0 Å². The minimum atomic E-state index is -0.0339. The molecule has 1 aromatic rings. The molecule has 1 amide bonds. The molecule has 1 saturated carbocycles. The van der Waals surface area contributed by atoms with E-state index >= 15 is 0 Å². The molecule has 28 heavy (non-hydrogen) atoms. The Kier molecular flexibility index (Phi) is 6.22. The van der Waals surface area contributed by atoms with Gasteiger partial charge in [-0.25, -0.2) is 0 Å². The first-order valence-electron chi connectivity index (χ1n) is 11.1. The molecule has 1 aromatic carbocycles. The highest BCUT2D eigenvalue weighted by Crippen LogP contribution is 2.27. The average Bonchev–Trinajstić information content (AvgIpc) is 3.17. The summed E-state index contributed by atoms with van der Waals surface area (Å²) in [6.07, 6.45) is 5.97. The zero-order valence-corrected chi connectivity index (χ0v) is 17.5. The van der Waals surface area contributed by atoms with Gasteiger partial charge in [0.2, 0.25) is 5.91 Å². The lowest BCUT2D eigenvalue weighted by Crippen LogP contribution is -2.55. The molecule has 3 atom stereocenters. The van der Waals surface area contributed by atoms with E-state index in [1.165, 1.54) is 30.4 Å². The predicted molar refractivity (Wildman–Crippen MR) is 112 cm³/mol. The van der Waals surface area contributed by atoms with Gasteiger partial charge in [0, 0.05) is 45.2 Å². The summed E-state index contributed by atoms with van der Waals surface area (Å²) in [5.41, 5.74) is 2.72. The Labute approximate surface area is 169 Å². The molecular formula is C23H35N3O2. The minimum Gasteiger partial charge on any atom is -0.493 e. The second-order valence-corrected chi connectivity index (χ2v) is 8.91. The van der Waals surface area contributed by atoms with Gasteiger partial charge in [-0.05, 0) is 42.9 Å². The van der Waals surface area contributed by atoms with Crippen LogP contribution in [0.4, 0.5) is 0 Å². The van der Waals surface area contributed by atoms with E-state index < -0.39 is 0 Å². The van der Waals surface area contributed by atoms with Crippen LogP contribution < -0.4 is 10.1 Å². The first kappa shape index (κ1) is 19.7. The standard InChI is InChI=1S/C23H35N3O2/c1-17-5-3-4-6-21(17)24-23(27)18(2)26-12-10-25(11-13-26)16-19-7-8-22-20(15-19)9-14-28-22/h7-8,15,17-18,21H,3-6,9-14,16H2,1-2H3,(H,24,27)/t17-,18-,21-/m1/s1. The highest BCUT2D eigenvalue weighted by atomic mass is 16.5. The second-order valence-electron chi connectivity index (χ2n) is 8.91. The third-order valence-corrected chi connectivity index (χ3v) is 6.93. The summed E-state index contributed by atoms with van der Waals surface area (Å²) < 4.78 is 5.61. The molecular weight excluding hydrogens is 350 g/mol.